The van der Waals surface area contributed by atoms with Gasteiger partial charge in [-0.3, -0.25) is 4.79 Å². The zero-order chi connectivity index (χ0) is 11.4. The van der Waals surface area contributed by atoms with E-state index in [2.05, 4.69) is 16.3 Å². The van der Waals surface area contributed by atoms with Gasteiger partial charge in [0.1, 0.15) is 0 Å². The lowest BCUT2D eigenvalue weighted by Gasteiger charge is -2.20. The number of nitrogens with one attached hydrogen (secondary N) is 1. The summed E-state index contributed by atoms with van der Waals surface area (Å²) in [6.45, 7) is 1.38. The van der Waals surface area contributed by atoms with Crippen LogP contribution in [-0.2, 0) is 0 Å². The van der Waals surface area contributed by atoms with Crippen molar-refractivity contribution in [1.29, 1.82) is 0 Å². The molecular weight excluding hydrogens is 200 g/mol. The van der Waals surface area contributed by atoms with Gasteiger partial charge in [-0.1, -0.05) is 30.3 Å². The SMILES string of the molecule is CNC1=CCCN1CC(=O)c1ccccc1. The molecule has 0 aromatic heterocycles. The van der Waals surface area contributed by atoms with Crippen molar-refractivity contribution in [3.63, 3.8) is 0 Å². The molecule has 3 nitrogen and oxygen atoms in total. The summed E-state index contributed by atoms with van der Waals surface area (Å²) in [5.41, 5.74) is 0.782. The minimum absolute atomic E-state index is 0.170. The Morgan fingerprint density at radius 1 is 1.38 bits per heavy atom. The highest BCUT2D eigenvalue weighted by Crippen LogP contribution is 2.12. The molecule has 2 rings (SSSR count). The third-order valence-corrected chi connectivity index (χ3v) is 2.76. The van der Waals surface area contributed by atoms with Gasteiger partial charge < -0.3 is 10.2 Å². The van der Waals surface area contributed by atoms with Gasteiger partial charge in [-0.25, -0.2) is 0 Å². The Balaban J connectivity index is 2.01. The van der Waals surface area contributed by atoms with Gasteiger partial charge in [0.25, 0.3) is 0 Å². The topological polar surface area (TPSA) is 32.3 Å². The maximum Gasteiger partial charge on any atom is 0.182 e. The molecule has 1 aliphatic heterocycles. The van der Waals surface area contributed by atoms with Gasteiger partial charge in [0, 0.05) is 19.2 Å². The fraction of sp³-hybridized carbons (Fsp3) is 0.308. The average molecular weight is 216 g/mol. The molecular formula is C13H16N2O. The van der Waals surface area contributed by atoms with Crippen LogP contribution in [0.25, 0.3) is 0 Å². The van der Waals surface area contributed by atoms with Gasteiger partial charge in [0.15, 0.2) is 5.78 Å². The summed E-state index contributed by atoms with van der Waals surface area (Å²) in [6.07, 6.45) is 3.14. The highest BCUT2D eigenvalue weighted by Gasteiger charge is 2.17. The second-order valence-electron chi connectivity index (χ2n) is 3.84. The first-order valence-corrected chi connectivity index (χ1v) is 5.52. The van der Waals surface area contributed by atoms with Crippen LogP contribution in [0.5, 0.6) is 0 Å². The van der Waals surface area contributed by atoms with E-state index >= 15 is 0 Å². The smallest absolute Gasteiger partial charge is 0.182 e. The van der Waals surface area contributed by atoms with Crippen molar-refractivity contribution in [3.05, 3.63) is 47.8 Å². The summed E-state index contributed by atoms with van der Waals surface area (Å²) in [4.78, 5) is 14.0. The van der Waals surface area contributed by atoms with E-state index < -0.39 is 0 Å². The van der Waals surface area contributed by atoms with Crippen molar-refractivity contribution >= 4 is 5.78 Å². The van der Waals surface area contributed by atoms with E-state index in [1.54, 1.807) is 0 Å². The summed E-state index contributed by atoms with van der Waals surface area (Å²) < 4.78 is 0. The van der Waals surface area contributed by atoms with Gasteiger partial charge >= 0.3 is 0 Å². The van der Waals surface area contributed by atoms with Crippen LogP contribution >= 0.6 is 0 Å². The average Bonchev–Trinajstić information content (AvgIpc) is 2.77. The van der Waals surface area contributed by atoms with Crippen molar-refractivity contribution in [2.45, 2.75) is 6.42 Å². The van der Waals surface area contributed by atoms with Crippen LogP contribution in [0.3, 0.4) is 0 Å². The van der Waals surface area contributed by atoms with E-state index in [4.69, 9.17) is 0 Å². The molecule has 3 heteroatoms. The van der Waals surface area contributed by atoms with Gasteiger partial charge in [-0.05, 0) is 12.5 Å². The first-order valence-electron chi connectivity index (χ1n) is 5.52. The lowest BCUT2D eigenvalue weighted by atomic mass is 10.1. The van der Waals surface area contributed by atoms with Crippen molar-refractivity contribution in [1.82, 2.24) is 10.2 Å². The molecule has 0 saturated heterocycles. The molecule has 1 N–H and O–H groups in total. The number of rotatable bonds is 4. The second-order valence-corrected chi connectivity index (χ2v) is 3.84. The quantitative estimate of drug-likeness (QED) is 0.776. The first kappa shape index (κ1) is 10.7. The van der Waals surface area contributed by atoms with E-state index in [1.807, 2.05) is 37.4 Å². The maximum absolute atomic E-state index is 12.0. The minimum Gasteiger partial charge on any atom is -0.375 e. The molecule has 1 aromatic carbocycles. The predicted octanol–water partition coefficient (Wildman–Crippen LogP) is 1.64. The molecule has 1 aromatic rings. The number of hydrogen-bond donors (Lipinski definition) is 1. The summed E-state index contributed by atoms with van der Waals surface area (Å²) in [5, 5.41) is 3.11. The molecule has 0 unspecified atom stereocenters. The summed E-state index contributed by atoms with van der Waals surface area (Å²) >= 11 is 0. The Labute approximate surface area is 95.8 Å². The second kappa shape index (κ2) is 4.84. The Kier molecular flexibility index (Phi) is 3.25. The van der Waals surface area contributed by atoms with Gasteiger partial charge in [-0.15, -0.1) is 0 Å². The van der Waals surface area contributed by atoms with E-state index in [0.717, 1.165) is 24.4 Å². The van der Waals surface area contributed by atoms with E-state index in [9.17, 15) is 4.79 Å². The molecule has 0 spiro atoms. The Bertz CT molecular complexity index is 398. The highest BCUT2D eigenvalue weighted by molar-refractivity contribution is 5.97. The van der Waals surface area contributed by atoms with Gasteiger partial charge in [0.05, 0.1) is 12.4 Å². The third kappa shape index (κ3) is 2.24. The molecule has 0 atom stereocenters. The standard InChI is InChI=1S/C13H16N2O/c1-14-13-8-5-9-15(13)10-12(16)11-6-3-2-4-7-11/h2-4,6-8,14H,5,9-10H2,1H3. The van der Waals surface area contributed by atoms with E-state index in [1.165, 1.54) is 0 Å². The maximum atomic E-state index is 12.0. The first-order chi connectivity index (χ1) is 7.81. The highest BCUT2D eigenvalue weighted by atomic mass is 16.1. The molecule has 0 fully saturated rings. The summed E-state index contributed by atoms with van der Waals surface area (Å²) in [5.74, 6) is 1.23. The molecule has 84 valence electrons. The molecule has 16 heavy (non-hydrogen) atoms. The number of benzene rings is 1. The lowest BCUT2D eigenvalue weighted by Crippen LogP contribution is -2.31. The fourth-order valence-corrected chi connectivity index (χ4v) is 1.92. The lowest BCUT2D eigenvalue weighted by molar-refractivity contribution is 0.0951. The minimum atomic E-state index is 0.170. The van der Waals surface area contributed by atoms with Crippen LogP contribution in [0.15, 0.2) is 42.2 Å². The Hall–Kier alpha value is -1.77. The summed E-state index contributed by atoms with van der Waals surface area (Å²) in [7, 11) is 1.89. The van der Waals surface area contributed by atoms with Crippen LogP contribution in [-0.4, -0.2) is 30.8 Å². The van der Waals surface area contributed by atoms with Crippen LogP contribution in [0.2, 0.25) is 0 Å². The van der Waals surface area contributed by atoms with Gasteiger partial charge in [0.2, 0.25) is 0 Å². The van der Waals surface area contributed by atoms with Crippen molar-refractivity contribution in [2.75, 3.05) is 20.1 Å². The molecule has 1 aliphatic rings. The van der Waals surface area contributed by atoms with Crippen LogP contribution in [0.1, 0.15) is 16.8 Å². The molecule has 1 heterocycles. The molecule has 0 radical (unpaired) electrons. The Morgan fingerprint density at radius 3 is 2.81 bits per heavy atom. The largest absolute Gasteiger partial charge is 0.375 e. The molecule has 0 aliphatic carbocycles. The predicted molar refractivity (Wildman–Crippen MR) is 64.1 cm³/mol. The molecule has 0 saturated carbocycles. The van der Waals surface area contributed by atoms with Crippen LogP contribution in [0.4, 0.5) is 0 Å². The summed E-state index contributed by atoms with van der Waals surface area (Å²) in [6, 6.07) is 9.44. The van der Waals surface area contributed by atoms with Crippen molar-refractivity contribution < 1.29 is 4.79 Å². The molecule has 0 amide bonds. The van der Waals surface area contributed by atoms with Crippen LogP contribution in [0, 0.1) is 0 Å². The zero-order valence-electron chi connectivity index (χ0n) is 9.44. The number of nitrogens with zero attached hydrogens (tertiary/aromatic N) is 1. The fourth-order valence-electron chi connectivity index (χ4n) is 1.92. The normalized spacial score (nSPS) is 14.8. The number of carbonyl (C=O) groups excluding carboxylic acids is 1. The van der Waals surface area contributed by atoms with Crippen molar-refractivity contribution in [2.24, 2.45) is 0 Å². The number of Topliss-reactive ketones (excluding diaryl/α,β-unsaturated/α-hetero) is 1. The number of carbonyl (C=O) groups is 1. The van der Waals surface area contributed by atoms with E-state index in [-0.39, 0.29) is 5.78 Å². The number of hydrogen-bond acceptors (Lipinski definition) is 3. The molecule has 0 bridgehead atoms. The van der Waals surface area contributed by atoms with Crippen LogP contribution < -0.4 is 5.32 Å². The monoisotopic (exact) mass is 216 g/mol. The zero-order valence-corrected chi connectivity index (χ0v) is 9.44. The number of ketones is 1. The third-order valence-electron chi connectivity index (χ3n) is 2.76. The van der Waals surface area contributed by atoms with Gasteiger partial charge in [-0.2, -0.15) is 0 Å². The Morgan fingerprint density at radius 2 is 2.12 bits per heavy atom. The van der Waals surface area contributed by atoms with E-state index in [0.29, 0.717) is 6.54 Å². The van der Waals surface area contributed by atoms with Crippen molar-refractivity contribution in [3.8, 4) is 0 Å².